The smallest absolute Gasteiger partial charge is 0.210 e. The van der Waals surface area contributed by atoms with Crippen LogP contribution >= 0.6 is 0 Å². The van der Waals surface area contributed by atoms with E-state index < -0.39 is 33.2 Å². The van der Waals surface area contributed by atoms with E-state index in [4.69, 9.17) is 4.98 Å². The fraction of sp³-hybridized carbons (Fsp3) is 0.379. The number of fused-ring (bicyclic) bond motifs is 4. The first-order valence-electron chi connectivity index (χ1n) is 13.2. The zero-order valence-electron chi connectivity index (χ0n) is 23.0. The number of halogens is 2. The average Bonchev–Trinajstić information content (AvgIpc) is 3.24. The fourth-order valence-electron chi connectivity index (χ4n) is 7.08. The molecular formula is C29H32F2N6O2S. The van der Waals surface area contributed by atoms with Crippen LogP contribution in [0, 0.1) is 23.0 Å². The first kappa shape index (κ1) is 26.6. The summed E-state index contributed by atoms with van der Waals surface area (Å²) in [6.45, 7) is 6.33. The number of allylic oxidation sites excluding steroid dienone is 6. The number of sulfonamides is 1. The van der Waals surface area contributed by atoms with Gasteiger partial charge in [0.15, 0.2) is 0 Å². The molecule has 210 valence electrons. The van der Waals surface area contributed by atoms with Gasteiger partial charge in [-0.1, -0.05) is 26.0 Å². The highest BCUT2D eigenvalue weighted by molar-refractivity contribution is 7.88. The Morgan fingerprint density at radius 2 is 1.90 bits per heavy atom. The second-order valence-electron chi connectivity index (χ2n) is 11.5. The zero-order chi connectivity index (χ0) is 28.6. The Hall–Kier alpha value is -3.57. The molecule has 1 fully saturated rings. The predicted octanol–water partition coefficient (Wildman–Crippen LogP) is 3.95. The van der Waals surface area contributed by atoms with Gasteiger partial charge in [0, 0.05) is 30.2 Å². The third kappa shape index (κ3) is 3.89. The summed E-state index contributed by atoms with van der Waals surface area (Å²) < 4.78 is 55.4. The van der Waals surface area contributed by atoms with Crippen molar-refractivity contribution in [1.29, 1.82) is 0 Å². The van der Waals surface area contributed by atoms with Crippen LogP contribution in [0.4, 0.5) is 8.78 Å². The Labute approximate surface area is 233 Å². The number of hydrogen-bond donors (Lipinski definition) is 3. The molecule has 11 heteroatoms. The van der Waals surface area contributed by atoms with Gasteiger partial charge in [-0.2, -0.15) is 4.72 Å². The van der Waals surface area contributed by atoms with Crippen LogP contribution in [0.25, 0.3) is 11.3 Å². The van der Waals surface area contributed by atoms with Gasteiger partial charge in [0.1, 0.15) is 17.8 Å². The maximum Gasteiger partial charge on any atom is 0.210 e. The first-order chi connectivity index (χ1) is 18.8. The van der Waals surface area contributed by atoms with Crippen molar-refractivity contribution in [2.24, 2.45) is 11.3 Å². The zero-order valence-corrected chi connectivity index (χ0v) is 23.8. The molecule has 1 unspecified atom stereocenters. The largest absolute Gasteiger partial charge is 0.369 e. The topological polar surface area (TPSA) is 99.2 Å². The molecule has 3 N–H and O–H groups in total. The molecule has 0 saturated heterocycles. The molecule has 1 aromatic heterocycles. The molecule has 2 aromatic rings. The van der Waals surface area contributed by atoms with Crippen LogP contribution in [0.1, 0.15) is 50.6 Å². The van der Waals surface area contributed by atoms with Gasteiger partial charge >= 0.3 is 0 Å². The number of hydrogen-bond acceptors (Lipinski definition) is 7. The van der Waals surface area contributed by atoms with E-state index in [9.17, 15) is 17.2 Å². The van der Waals surface area contributed by atoms with Crippen molar-refractivity contribution in [3.63, 3.8) is 0 Å². The standard InChI is InChI=1S/C29H32F2N6O2S/c1-16-17(9-10-25(33-16)36-40(5,38)39)22-14-32-15-24(34-22)29-12-11-19(28(29,2)3)18-13-23(37(4)35-27(18)29)26-20(30)7-6-8-21(26)31/h6-10,13-15,19,25,33,35-36H,11-12H2,1-5H3/t19-,25?,29-/m0/s1. The van der Waals surface area contributed by atoms with Gasteiger partial charge in [-0.15, -0.1) is 0 Å². The molecule has 2 aliphatic carbocycles. The molecule has 4 aliphatic rings. The van der Waals surface area contributed by atoms with Crippen molar-refractivity contribution < 1.29 is 17.2 Å². The summed E-state index contributed by atoms with van der Waals surface area (Å²) in [5.74, 6) is -1.04. The highest BCUT2D eigenvalue weighted by atomic mass is 32.2. The molecule has 8 nitrogen and oxygen atoms in total. The van der Waals surface area contributed by atoms with Crippen LogP contribution in [0.15, 0.2) is 65.8 Å². The summed E-state index contributed by atoms with van der Waals surface area (Å²) in [6.07, 6.45) is 11.4. The lowest BCUT2D eigenvalue weighted by Crippen LogP contribution is -2.47. The molecule has 0 amide bonds. The van der Waals surface area contributed by atoms with Crippen LogP contribution in [-0.4, -0.2) is 42.9 Å². The van der Waals surface area contributed by atoms with Crippen LogP contribution in [-0.2, 0) is 15.4 Å². The third-order valence-corrected chi connectivity index (χ3v) is 9.62. The Bertz CT molecular complexity index is 1640. The monoisotopic (exact) mass is 566 g/mol. The van der Waals surface area contributed by atoms with E-state index in [0.717, 1.165) is 47.3 Å². The van der Waals surface area contributed by atoms with Gasteiger partial charge in [0.25, 0.3) is 0 Å². The lowest BCUT2D eigenvalue weighted by molar-refractivity contribution is 0.204. The third-order valence-electron chi connectivity index (χ3n) is 8.94. The first-order valence-corrected chi connectivity index (χ1v) is 15.1. The van der Waals surface area contributed by atoms with Crippen molar-refractivity contribution in [3.05, 3.63) is 94.4 Å². The number of rotatable bonds is 5. The number of aromatic nitrogens is 2. The van der Waals surface area contributed by atoms with Crippen molar-refractivity contribution in [3.8, 4) is 0 Å². The lowest BCUT2D eigenvalue weighted by atomic mass is 9.66. The Morgan fingerprint density at radius 3 is 2.58 bits per heavy atom. The molecule has 1 saturated carbocycles. The molecule has 40 heavy (non-hydrogen) atoms. The summed E-state index contributed by atoms with van der Waals surface area (Å²) >= 11 is 0. The molecule has 3 atom stereocenters. The number of nitrogens with one attached hydrogen (secondary N) is 3. The Morgan fingerprint density at radius 1 is 1.18 bits per heavy atom. The molecule has 0 spiro atoms. The molecule has 3 heterocycles. The molecule has 2 aliphatic heterocycles. The van der Waals surface area contributed by atoms with Crippen molar-refractivity contribution in [2.45, 2.75) is 45.2 Å². The van der Waals surface area contributed by atoms with Crippen LogP contribution < -0.4 is 15.5 Å². The van der Waals surface area contributed by atoms with Crippen LogP contribution in [0.2, 0.25) is 0 Å². The predicted molar refractivity (Wildman–Crippen MR) is 149 cm³/mol. The molecular weight excluding hydrogens is 534 g/mol. The van der Waals surface area contributed by atoms with E-state index in [-0.39, 0.29) is 16.9 Å². The van der Waals surface area contributed by atoms with Gasteiger partial charge < -0.3 is 10.7 Å². The summed E-state index contributed by atoms with van der Waals surface area (Å²) in [5, 5.41) is 4.86. The van der Waals surface area contributed by atoms with Crippen molar-refractivity contribution >= 4 is 21.3 Å². The highest BCUT2D eigenvalue weighted by Crippen LogP contribution is 2.68. The maximum atomic E-state index is 14.8. The maximum absolute atomic E-state index is 14.8. The van der Waals surface area contributed by atoms with Gasteiger partial charge in [-0.05, 0) is 61.0 Å². The van der Waals surface area contributed by atoms with Gasteiger partial charge in [0.2, 0.25) is 10.0 Å². The minimum absolute atomic E-state index is 0.0527. The second-order valence-corrected chi connectivity index (χ2v) is 13.3. The number of nitrogens with zero attached hydrogens (tertiary/aromatic N) is 3. The van der Waals surface area contributed by atoms with Crippen molar-refractivity contribution in [2.75, 3.05) is 13.3 Å². The molecule has 2 bridgehead atoms. The molecule has 1 aromatic carbocycles. The Balaban J connectivity index is 1.43. The van der Waals surface area contributed by atoms with Gasteiger partial charge in [-0.25, -0.2) is 22.2 Å². The minimum atomic E-state index is -3.39. The van der Waals surface area contributed by atoms with E-state index in [0.29, 0.717) is 11.4 Å². The van der Waals surface area contributed by atoms with Crippen LogP contribution in [0.5, 0.6) is 0 Å². The lowest BCUT2D eigenvalue weighted by Gasteiger charge is -2.42. The summed E-state index contributed by atoms with van der Waals surface area (Å²) in [5.41, 5.74) is 8.28. The number of hydrazine groups is 1. The second kappa shape index (κ2) is 8.97. The highest BCUT2D eigenvalue weighted by Gasteiger charge is 2.65. The summed E-state index contributed by atoms with van der Waals surface area (Å²) in [6, 6.07) is 3.91. The molecule has 0 radical (unpaired) electrons. The minimum Gasteiger partial charge on any atom is -0.369 e. The van der Waals surface area contributed by atoms with E-state index in [1.807, 2.05) is 25.3 Å². The summed E-state index contributed by atoms with van der Waals surface area (Å²) in [4.78, 5) is 9.72. The normalized spacial score (nSPS) is 27.0. The number of benzene rings is 1. The Kier molecular flexibility index (Phi) is 5.97. The van der Waals surface area contributed by atoms with E-state index in [1.54, 1.807) is 24.3 Å². The fourth-order valence-corrected chi connectivity index (χ4v) is 7.68. The van der Waals surface area contributed by atoms with E-state index in [2.05, 4.69) is 34.3 Å². The van der Waals surface area contributed by atoms with Crippen LogP contribution in [0.3, 0.4) is 0 Å². The quantitative estimate of drug-likeness (QED) is 0.504. The SMILES string of the molecule is CC1=C(c2cncc([C@@]34CC[C@@H](C5=C3NN(C)C(c3c(F)cccc3F)=C5)C4(C)C)n2)C=CC(NS(C)(=O)=O)N1. The average molecular weight is 567 g/mol. The summed E-state index contributed by atoms with van der Waals surface area (Å²) in [7, 11) is -1.62. The number of dihydropyridines is 1. The van der Waals surface area contributed by atoms with Gasteiger partial charge in [-0.3, -0.25) is 9.99 Å². The van der Waals surface area contributed by atoms with E-state index >= 15 is 0 Å². The molecule has 6 rings (SSSR count). The van der Waals surface area contributed by atoms with Crippen molar-refractivity contribution in [1.82, 2.24) is 30.4 Å². The van der Waals surface area contributed by atoms with E-state index in [1.165, 1.54) is 18.2 Å². The van der Waals surface area contributed by atoms with Gasteiger partial charge in [0.05, 0.1) is 40.5 Å².